The molecule has 1 aromatic heterocycles. The predicted octanol–water partition coefficient (Wildman–Crippen LogP) is 3.35. The average molecular weight is 348 g/mol. The maximum absolute atomic E-state index is 5.41. The summed E-state index contributed by atoms with van der Waals surface area (Å²) >= 11 is 0. The van der Waals surface area contributed by atoms with Crippen molar-refractivity contribution in [2.75, 3.05) is 44.7 Å². The zero-order chi connectivity index (χ0) is 17.8. The molecule has 3 aromatic rings. The van der Waals surface area contributed by atoms with Crippen molar-refractivity contribution in [3.05, 3.63) is 54.1 Å². The van der Waals surface area contributed by atoms with Crippen molar-refractivity contribution in [3.8, 4) is 11.4 Å². The third-order valence-corrected chi connectivity index (χ3v) is 4.70. The number of aromatic nitrogens is 2. The Hall–Kier alpha value is -2.50. The van der Waals surface area contributed by atoms with Crippen molar-refractivity contribution in [1.29, 1.82) is 0 Å². The zero-order valence-corrected chi connectivity index (χ0v) is 15.1. The summed E-state index contributed by atoms with van der Waals surface area (Å²) in [7, 11) is 0. The fourth-order valence-corrected chi connectivity index (χ4v) is 3.28. The molecule has 4 rings (SSSR count). The van der Waals surface area contributed by atoms with Gasteiger partial charge in [0.25, 0.3) is 0 Å². The first-order valence-electron chi connectivity index (χ1n) is 9.17. The molecule has 0 bridgehead atoms. The number of anilines is 1. The Morgan fingerprint density at radius 1 is 1.04 bits per heavy atom. The van der Waals surface area contributed by atoms with Crippen LogP contribution in [-0.2, 0) is 4.74 Å². The van der Waals surface area contributed by atoms with E-state index < -0.39 is 0 Å². The van der Waals surface area contributed by atoms with Crippen LogP contribution in [0, 0.1) is 6.92 Å². The number of rotatable bonds is 5. The molecule has 0 saturated carbocycles. The van der Waals surface area contributed by atoms with E-state index in [4.69, 9.17) is 14.7 Å². The molecule has 1 aliphatic rings. The van der Waals surface area contributed by atoms with Crippen LogP contribution in [0.4, 0.5) is 5.82 Å². The Labute approximate surface area is 154 Å². The standard InChI is InChI=1S/C21H24N4O/c1-16-5-4-6-17(15-16)20-23-19-8-3-2-7-18(19)21(24-20)22-9-10-25-11-13-26-14-12-25/h2-8,15H,9-14H2,1H3,(H,22,23,24). The number of para-hydroxylation sites is 1. The van der Waals surface area contributed by atoms with E-state index in [0.717, 1.165) is 67.5 Å². The summed E-state index contributed by atoms with van der Waals surface area (Å²) in [4.78, 5) is 12.0. The van der Waals surface area contributed by atoms with E-state index in [-0.39, 0.29) is 0 Å². The molecule has 1 fully saturated rings. The van der Waals surface area contributed by atoms with E-state index in [2.05, 4.69) is 47.5 Å². The van der Waals surface area contributed by atoms with Crippen molar-refractivity contribution in [2.45, 2.75) is 6.92 Å². The van der Waals surface area contributed by atoms with E-state index in [1.54, 1.807) is 0 Å². The molecule has 2 heterocycles. The van der Waals surface area contributed by atoms with Crippen LogP contribution in [-0.4, -0.2) is 54.3 Å². The Morgan fingerprint density at radius 3 is 2.73 bits per heavy atom. The lowest BCUT2D eigenvalue weighted by atomic mass is 10.1. The van der Waals surface area contributed by atoms with Gasteiger partial charge in [-0.15, -0.1) is 0 Å². The van der Waals surface area contributed by atoms with Gasteiger partial charge >= 0.3 is 0 Å². The quantitative estimate of drug-likeness (QED) is 0.766. The van der Waals surface area contributed by atoms with Crippen molar-refractivity contribution in [3.63, 3.8) is 0 Å². The van der Waals surface area contributed by atoms with Crippen molar-refractivity contribution in [2.24, 2.45) is 0 Å². The largest absolute Gasteiger partial charge is 0.379 e. The van der Waals surface area contributed by atoms with E-state index >= 15 is 0 Å². The topological polar surface area (TPSA) is 50.3 Å². The number of nitrogens with zero attached hydrogens (tertiary/aromatic N) is 3. The lowest BCUT2D eigenvalue weighted by Gasteiger charge is -2.26. The van der Waals surface area contributed by atoms with E-state index in [0.29, 0.717) is 0 Å². The summed E-state index contributed by atoms with van der Waals surface area (Å²) in [5.74, 6) is 1.67. The van der Waals surface area contributed by atoms with Crippen LogP contribution < -0.4 is 5.32 Å². The summed E-state index contributed by atoms with van der Waals surface area (Å²) in [6.45, 7) is 7.59. The molecule has 0 amide bonds. The van der Waals surface area contributed by atoms with Gasteiger partial charge in [0, 0.05) is 37.1 Å². The number of nitrogens with one attached hydrogen (secondary N) is 1. The SMILES string of the molecule is Cc1cccc(-c2nc(NCCN3CCOCC3)c3ccccc3n2)c1. The minimum absolute atomic E-state index is 0.765. The number of fused-ring (bicyclic) bond motifs is 1. The monoisotopic (exact) mass is 348 g/mol. The number of ether oxygens (including phenoxy) is 1. The molecule has 1 N–H and O–H groups in total. The number of hydrogen-bond acceptors (Lipinski definition) is 5. The highest BCUT2D eigenvalue weighted by Gasteiger charge is 2.12. The Morgan fingerprint density at radius 2 is 1.88 bits per heavy atom. The van der Waals surface area contributed by atoms with E-state index in [1.165, 1.54) is 5.56 Å². The third kappa shape index (κ3) is 3.84. The highest BCUT2D eigenvalue weighted by Crippen LogP contribution is 2.25. The van der Waals surface area contributed by atoms with Gasteiger partial charge in [0.05, 0.1) is 18.7 Å². The second-order valence-corrected chi connectivity index (χ2v) is 6.66. The lowest BCUT2D eigenvalue weighted by Crippen LogP contribution is -2.39. The van der Waals surface area contributed by atoms with Gasteiger partial charge < -0.3 is 10.1 Å². The Kier molecular flexibility index (Phi) is 5.09. The summed E-state index contributed by atoms with van der Waals surface area (Å²) in [5.41, 5.74) is 3.22. The van der Waals surface area contributed by atoms with Gasteiger partial charge in [-0.1, -0.05) is 35.9 Å². The molecule has 26 heavy (non-hydrogen) atoms. The van der Waals surface area contributed by atoms with Gasteiger partial charge in [0.1, 0.15) is 5.82 Å². The van der Waals surface area contributed by atoms with Gasteiger partial charge in [-0.25, -0.2) is 9.97 Å². The minimum atomic E-state index is 0.765. The first kappa shape index (κ1) is 16.9. The van der Waals surface area contributed by atoms with Crippen molar-refractivity contribution in [1.82, 2.24) is 14.9 Å². The molecular weight excluding hydrogens is 324 g/mol. The van der Waals surface area contributed by atoms with Crippen LogP contribution in [0.5, 0.6) is 0 Å². The van der Waals surface area contributed by atoms with Gasteiger partial charge in [-0.3, -0.25) is 4.90 Å². The van der Waals surface area contributed by atoms with Gasteiger partial charge in [-0.05, 0) is 25.1 Å². The molecular formula is C21H24N4O. The average Bonchev–Trinajstić information content (AvgIpc) is 2.68. The molecule has 1 aliphatic heterocycles. The van der Waals surface area contributed by atoms with Crippen LogP contribution in [0.3, 0.4) is 0 Å². The molecule has 1 saturated heterocycles. The van der Waals surface area contributed by atoms with Crippen LogP contribution in [0.15, 0.2) is 48.5 Å². The maximum Gasteiger partial charge on any atom is 0.162 e. The second-order valence-electron chi connectivity index (χ2n) is 6.66. The normalized spacial score (nSPS) is 15.3. The summed E-state index contributed by atoms with van der Waals surface area (Å²) in [5, 5.41) is 4.59. The van der Waals surface area contributed by atoms with Crippen LogP contribution in [0.25, 0.3) is 22.3 Å². The smallest absolute Gasteiger partial charge is 0.162 e. The van der Waals surface area contributed by atoms with Crippen LogP contribution in [0.1, 0.15) is 5.56 Å². The predicted molar refractivity (Wildman–Crippen MR) is 105 cm³/mol. The molecule has 5 heteroatoms. The number of aryl methyl sites for hydroxylation is 1. The molecule has 0 aliphatic carbocycles. The molecule has 0 atom stereocenters. The van der Waals surface area contributed by atoms with Gasteiger partial charge in [0.2, 0.25) is 0 Å². The first-order chi connectivity index (χ1) is 12.8. The fraction of sp³-hybridized carbons (Fsp3) is 0.333. The highest BCUT2D eigenvalue weighted by atomic mass is 16.5. The summed E-state index contributed by atoms with van der Waals surface area (Å²) in [6.07, 6.45) is 0. The van der Waals surface area contributed by atoms with Crippen LogP contribution in [0.2, 0.25) is 0 Å². The van der Waals surface area contributed by atoms with Gasteiger partial charge in [-0.2, -0.15) is 0 Å². The first-order valence-corrected chi connectivity index (χ1v) is 9.17. The zero-order valence-electron chi connectivity index (χ0n) is 15.1. The van der Waals surface area contributed by atoms with E-state index in [9.17, 15) is 0 Å². The molecule has 2 aromatic carbocycles. The minimum Gasteiger partial charge on any atom is -0.379 e. The highest BCUT2D eigenvalue weighted by molar-refractivity contribution is 5.90. The van der Waals surface area contributed by atoms with E-state index in [1.807, 2.05) is 18.2 Å². The van der Waals surface area contributed by atoms with Gasteiger partial charge in [0.15, 0.2) is 5.82 Å². The number of morpholine rings is 1. The van der Waals surface area contributed by atoms with Crippen LogP contribution >= 0.6 is 0 Å². The molecule has 5 nitrogen and oxygen atoms in total. The Bertz CT molecular complexity index is 890. The molecule has 0 radical (unpaired) electrons. The van der Waals surface area contributed by atoms with Crippen molar-refractivity contribution >= 4 is 16.7 Å². The lowest BCUT2D eigenvalue weighted by molar-refractivity contribution is 0.0398. The number of hydrogen-bond donors (Lipinski definition) is 1. The molecule has 134 valence electrons. The number of benzene rings is 2. The molecule has 0 unspecified atom stereocenters. The third-order valence-electron chi connectivity index (χ3n) is 4.70. The second kappa shape index (κ2) is 7.81. The summed E-state index contributed by atoms with van der Waals surface area (Å²) < 4.78 is 5.41. The summed E-state index contributed by atoms with van der Waals surface area (Å²) in [6, 6.07) is 16.5. The molecule has 0 spiro atoms. The van der Waals surface area contributed by atoms with Crippen molar-refractivity contribution < 1.29 is 4.74 Å². The maximum atomic E-state index is 5.41. The fourth-order valence-electron chi connectivity index (χ4n) is 3.28. The Balaban J connectivity index is 1.59.